The second kappa shape index (κ2) is 4.85. The Morgan fingerprint density at radius 3 is 3.06 bits per heavy atom. The van der Waals surface area contributed by atoms with E-state index in [-0.39, 0.29) is 0 Å². The fourth-order valence-corrected chi connectivity index (χ4v) is 3.61. The molecule has 2 fully saturated rings. The van der Waals surface area contributed by atoms with E-state index in [0.29, 0.717) is 17.1 Å². The second-order valence-electron chi connectivity index (χ2n) is 5.03. The summed E-state index contributed by atoms with van der Waals surface area (Å²) >= 11 is 1.55. The molecule has 98 valence electrons. The van der Waals surface area contributed by atoms with Crippen LogP contribution in [0.2, 0.25) is 0 Å². The number of carbonyl (C=O) groups is 1. The van der Waals surface area contributed by atoms with Crippen LogP contribution < -0.4 is 5.73 Å². The van der Waals surface area contributed by atoms with Crippen LogP contribution in [0.15, 0.2) is 6.20 Å². The van der Waals surface area contributed by atoms with Crippen LogP contribution in [0, 0.1) is 0 Å². The first-order valence-electron chi connectivity index (χ1n) is 6.44. The fraction of sp³-hybridized carbons (Fsp3) is 0.667. The Balaban J connectivity index is 1.56. The molecule has 18 heavy (non-hydrogen) atoms. The Labute approximate surface area is 111 Å². The quantitative estimate of drug-likeness (QED) is 0.884. The van der Waals surface area contributed by atoms with Crippen molar-refractivity contribution >= 4 is 22.4 Å². The minimum atomic E-state index is 0.337. The standard InChI is InChI=1S/C12H18N4OS/c13-12-14-6-10(18-12)8-15-5-3-9(7-15)16-4-1-2-11(16)17/h6,9H,1-5,7-8H2,(H2,13,14). The van der Waals surface area contributed by atoms with Gasteiger partial charge < -0.3 is 10.6 Å². The summed E-state index contributed by atoms with van der Waals surface area (Å²) in [6, 6.07) is 0.422. The predicted octanol–water partition coefficient (Wildman–Crippen LogP) is 0.922. The lowest BCUT2D eigenvalue weighted by Crippen LogP contribution is -2.38. The van der Waals surface area contributed by atoms with Crippen molar-refractivity contribution in [3.8, 4) is 0 Å². The minimum absolute atomic E-state index is 0.337. The lowest BCUT2D eigenvalue weighted by molar-refractivity contribution is -0.129. The summed E-state index contributed by atoms with van der Waals surface area (Å²) < 4.78 is 0. The van der Waals surface area contributed by atoms with Gasteiger partial charge in [0, 0.05) is 49.7 Å². The van der Waals surface area contributed by atoms with E-state index in [2.05, 4.69) is 14.8 Å². The summed E-state index contributed by atoms with van der Waals surface area (Å²) in [4.78, 5) is 21.5. The Hall–Kier alpha value is -1.14. The molecule has 0 radical (unpaired) electrons. The molecule has 3 rings (SSSR count). The van der Waals surface area contributed by atoms with Crippen LogP contribution >= 0.6 is 11.3 Å². The summed E-state index contributed by atoms with van der Waals surface area (Å²) in [6.07, 6.45) is 4.72. The van der Waals surface area contributed by atoms with E-state index in [0.717, 1.165) is 45.4 Å². The van der Waals surface area contributed by atoms with E-state index in [9.17, 15) is 4.79 Å². The van der Waals surface area contributed by atoms with Gasteiger partial charge in [-0.3, -0.25) is 9.69 Å². The average molecular weight is 266 g/mol. The molecule has 5 nitrogen and oxygen atoms in total. The van der Waals surface area contributed by atoms with Gasteiger partial charge in [-0.25, -0.2) is 4.98 Å². The summed E-state index contributed by atoms with van der Waals surface area (Å²) in [7, 11) is 0. The van der Waals surface area contributed by atoms with Crippen LogP contribution in [-0.2, 0) is 11.3 Å². The first kappa shape index (κ1) is 11.9. The van der Waals surface area contributed by atoms with Crippen LogP contribution in [0.1, 0.15) is 24.1 Å². The number of likely N-dealkylation sites (tertiary alicyclic amines) is 2. The Morgan fingerprint density at radius 2 is 2.39 bits per heavy atom. The van der Waals surface area contributed by atoms with E-state index in [1.807, 2.05) is 6.20 Å². The van der Waals surface area contributed by atoms with Gasteiger partial charge in [-0.05, 0) is 12.8 Å². The molecular formula is C12H18N4OS. The number of hydrogen-bond acceptors (Lipinski definition) is 5. The van der Waals surface area contributed by atoms with Crippen molar-refractivity contribution in [2.24, 2.45) is 0 Å². The van der Waals surface area contributed by atoms with Crippen LogP contribution in [0.25, 0.3) is 0 Å². The van der Waals surface area contributed by atoms with Crippen molar-refractivity contribution < 1.29 is 4.79 Å². The molecule has 2 aliphatic heterocycles. The number of rotatable bonds is 3. The SMILES string of the molecule is Nc1ncc(CN2CCC(N3CCCC3=O)C2)s1. The number of nitrogens with zero attached hydrogens (tertiary/aromatic N) is 3. The number of amides is 1. The molecule has 2 aliphatic rings. The zero-order valence-corrected chi connectivity index (χ0v) is 11.2. The summed E-state index contributed by atoms with van der Waals surface area (Å²) in [6.45, 7) is 3.91. The van der Waals surface area contributed by atoms with Crippen LogP contribution in [0.5, 0.6) is 0 Å². The predicted molar refractivity (Wildman–Crippen MR) is 71.2 cm³/mol. The highest BCUT2D eigenvalue weighted by Gasteiger charge is 2.32. The topological polar surface area (TPSA) is 62.5 Å². The molecule has 1 amide bonds. The Kier molecular flexibility index (Phi) is 3.22. The lowest BCUT2D eigenvalue weighted by atomic mass is 10.2. The number of nitrogens with two attached hydrogens (primary N) is 1. The molecule has 0 saturated carbocycles. The third kappa shape index (κ3) is 2.35. The summed E-state index contributed by atoms with van der Waals surface area (Å²) in [5.74, 6) is 0.337. The van der Waals surface area contributed by atoms with Crippen LogP contribution in [0.4, 0.5) is 5.13 Å². The first-order chi connectivity index (χ1) is 8.72. The summed E-state index contributed by atoms with van der Waals surface area (Å²) in [5, 5.41) is 0.635. The van der Waals surface area contributed by atoms with E-state index in [4.69, 9.17) is 5.73 Å². The number of thiazole rings is 1. The number of hydrogen-bond donors (Lipinski definition) is 1. The molecule has 1 aromatic rings. The maximum absolute atomic E-state index is 11.7. The molecule has 0 aliphatic carbocycles. The van der Waals surface area contributed by atoms with Gasteiger partial charge in [0.05, 0.1) is 0 Å². The molecule has 3 heterocycles. The molecule has 1 aromatic heterocycles. The highest BCUT2D eigenvalue weighted by molar-refractivity contribution is 7.15. The number of anilines is 1. The molecule has 0 bridgehead atoms. The normalized spacial score (nSPS) is 25.2. The van der Waals surface area contributed by atoms with Gasteiger partial charge in [0.15, 0.2) is 5.13 Å². The molecular weight excluding hydrogens is 248 g/mol. The molecule has 0 aromatic carbocycles. The molecule has 1 atom stereocenters. The number of nitrogen functional groups attached to an aromatic ring is 1. The van der Waals surface area contributed by atoms with Gasteiger partial charge in [0.2, 0.25) is 5.91 Å². The minimum Gasteiger partial charge on any atom is -0.375 e. The molecule has 2 saturated heterocycles. The van der Waals surface area contributed by atoms with Crippen LogP contribution in [0.3, 0.4) is 0 Å². The Bertz CT molecular complexity index is 447. The first-order valence-corrected chi connectivity index (χ1v) is 7.26. The maximum Gasteiger partial charge on any atom is 0.222 e. The zero-order chi connectivity index (χ0) is 12.5. The Morgan fingerprint density at radius 1 is 1.50 bits per heavy atom. The van der Waals surface area contributed by atoms with Gasteiger partial charge in [0.25, 0.3) is 0 Å². The third-order valence-electron chi connectivity index (χ3n) is 3.75. The van der Waals surface area contributed by atoms with Gasteiger partial charge in [-0.2, -0.15) is 0 Å². The molecule has 6 heteroatoms. The lowest BCUT2D eigenvalue weighted by Gasteiger charge is -2.24. The summed E-state index contributed by atoms with van der Waals surface area (Å²) in [5.41, 5.74) is 5.63. The van der Waals surface area contributed by atoms with E-state index >= 15 is 0 Å². The zero-order valence-electron chi connectivity index (χ0n) is 10.3. The van der Waals surface area contributed by atoms with Crippen molar-refractivity contribution in [3.05, 3.63) is 11.1 Å². The second-order valence-corrected chi connectivity index (χ2v) is 6.18. The molecule has 0 spiro atoms. The molecule has 2 N–H and O–H groups in total. The van der Waals surface area contributed by atoms with E-state index in [1.54, 1.807) is 11.3 Å². The number of aromatic nitrogens is 1. The number of carbonyl (C=O) groups excluding carboxylic acids is 1. The van der Waals surface area contributed by atoms with E-state index in [1.165, 1.54) is 4.88 Å². The highest BCUT2D eigenvalue weighted by Crippen LogP contribution is 2.24. The smallest absolute Gasteiger partial charge is 0.222 e. The maximum atomic E-state index is 11.7. The highest BCUT2D eigenvalue weighted by atomic mass is 32.1. The van der Waals surface area contributed by atoms with Crippen molar-refractivity contribution in [3.63, 3.8) is 0 Å². The van der Waals surface area contributed by atoms with Gasteiger partial charge in [-0.1, -0.05) is 0 Å². The molecule has 1 unspecified atom stereocenters. The largest absolute Gasteiger partial charge is 0.375 e. The van der Waals surface area contributed by atoms with E-state index < -0.39 is 0 Å². The van der Waals surface area contributed by atoms with Crippen molar-refractivity contribution in [2.75, 3.05) is 25.4 Å². The fourth-order valence-electron chi connectivity index (χ4n) is 2.88. The third-order valence-corrected chi connectivity index (χ3v) is 4.56. The monoisotopic (exact) mass is 266 g/mol. The van der Waals surface area contributed by atoms with Crippen LogP contribution in [-0.4, -0.2) is 46.4 Å². The van der Waals surface area contributed by atoms with Gasteiger partial charge in [0.1, 0.15) is 0 Å². The average Bonchev–Trinajstić information content (AvgIpc) is 3.02. The van der Waals surface area contributed by atoms with Gasteiger partial charge in [-0.15, -0.1) is 11.3 Å². The van der Waals surface area contributed by atoms with Crippen molar-refractivity contribution in [1.82, 2.24) is 14.8 Å². The van der Waals surface area contributed by atoms with Crippen molar-refractivity contribution in [2.45, 2.75) is 31.8 Å². The van der Waals surface area contributed by atoms with Gasteiger partial charge >= 0.3 is 0 Å². The van der Waals surface area contributed by atoms with Crippen molar-refractivity contribution in [1.29, 1.82) is 0 Å².